The fourth-order valence-electron chi connectivity index (χ4n) is 1.73. The van der Waals surface area contributed by atoms with Crippen LogP contribution < -0.4 is 0 Å². The monoisotopic (exact) mass is 193 g/mol. The number of nitrogens with zero attached hydrogens (tertiary/aromatic N) is 1. The van der Waals surface area contributed by atoms with E-state index >= 15 is 0 Å². The Morgan fingerprint density at radius 3 is 3.00 bits per heavy atom. The van der Waals surface area contributed by atoms with Crippen LogP contribution in [0.3, 0.4) is 0 Å². The van der Waals surface area contributed by atoms with Gasteiger partial charge < -0.3 is 9.64 Å². The third-order valence-corrected chi connectivity index (χ3v) is 2.49. The second-order valence-electron chi connectivity index (χ2n) is 3.33. The molecule has 0 N–H and O–H groups in total. The fraction of sp³-hybridized carbons (Fsp3) is 0.400. The number of esters is 1. The number of fused-ring (bicyclic) bond motifs is 1. The molecule has 2 rings (SSSR count). The SMILES string of the molecule is COC(=O)C1=CC=C2C(=O)CCN2C1. The van der Waals surface area contributed by atoms with E-state index in [0.29, 0.717) is 25.1 Å². The quantitative estimate of drug-likeness (QED) is 0.560. The average Bonchev–Trinajstić information content (AvgIpc) is 2.59. The first-order valence-electron chi connectivity index (χ1n) is 4.49. The summed E-state index contributed by atoms with van der Waals surface area (Å²) in [6, 6.07) is 0. The van der Waals surface area contributed by atoms with E-state index in [9.17, 15) is 9.59 Å². The molecule has 0 aromatic carbocycles. The van der Waals surface area contributed by atoms with Crippen molar-refractivity contribution in [1.29, 1.82) is 0 Å². The highest BCUT2D eigenvalue weighted by Crippen LogP contribution is 2.23. The number of ketones is 1. The van der Waals surface area contributed by atoms with Gasteiger partial charge in [-0.15, -0.1) is 0 Å². The number of Topliss-reactive ketones (excluding diaryl/α,β-unsaturated/α-hetero) is 1. The molecule has 0 spiro atoms. The minimum absolute atomic E-state index is 0.158. The maximum atomic E-state index is 11.3. The van der Waals surface area contributed by atoms with Crippen LogP contribution in [0.2, 0.25) is 0 Å². The van der Waals surface area contributed by atoms with Gasteiger partial charge in [-0.1, -0.05) is 0 Å². The van der Waals surface area contributed by atoms with Gasteiger partial charge in [-0.2, -0.15) is 0 Å². The summed E-state index contributed by atoms with van der Waals surface area (Å²) in [6.07, 6.45) is 3.92. The van der Waals surface area contributed by atoms with Crippen molar-refractivity contribution in [2.45, 2.75) is 6.42 Å². The van der Waals surface area contributed by atoms with Gasteiger partial charge in [0.15, 0.2) is 5.78 Å². The zero-order chi connectivity index (χ0) is 10.1. The standard InChI is InChI=1S/C10H11NO3/c1-14-10(13)7-2-3-8-9(12)4-5-11(8)6-7/h2-3H,4-6H2,1H3. The maximum Gasteiger partial charge on any atom is 0.335 e. The molecule has 0 unspecified atom stereocenters. The highest BCUT2D eigenvalue weighted by Gasteiger charge is 2.29. The topological polar surface area (TPSA) is 46.6 Å². The molecule has 4 nitrogen and oxygen atoms in total. The molecule has 0 bridgehead atoms. The Bertz CT molecular complexity index is 354. The van der Waals surface area contributed by atoms with E-state index in [4.69, 9.17) is 0 Å². The fourth-order valence-corrected chi connectivity index (χ4v) is 1.73. The van der Waals surface area contributed by atoms with Gasteiger partial charge in [-0.3, -0.25) is 4.79 Å². The molecule has 0 aromatic rings. The van der Waals surface area contributed by atoms with Crippen LogP contribution in [0.4, 0.5) is 0 Å². The number of rotatable bonds is 1. The number of carbonyl (C=O) groups is 2. The van der Waals surface area contributed by atoms with Crippen molar-refractivity contribution in [3.05, 3.63) is 23.4 Å². The number of hydrogen-bond donors (Lipinski definition) is 0. The van der Waals surface area contributed by atoms with Crippen LogP contribution in [0, 0.1) is 0 Å². The molecule has 2 aliphatic rings. The third kappa shape index (κ3) is 1.32. The number of ether oxygens (including phenoxy) is 1. The van der Waals surface area contributed by atoms with E-state index in [0.717, 1.165) is 5.70 Å². The van der Waals surface area contributed by atoms with Gasteiger partial charge in [-0.05, 0) is 12.2 Å². The molecule has 0 saturated carbocycles. The predicted octanol–water partition coefficient (Wildman–Crippen LogP) is 0.258. The van der Waals surface area contributed by atoms with Gasteiger partial charge in [0.2, 0.25) is 0 Å². The predicted molar refractivity (Wildman–Crippen MR) is 49.4 cm³/mol. The number of methoxy groups -OCH3 is 1. The van der Waals surface area contributed by atoms with Crippen LogP contribution in [0.25, 0.3) is 0 Å². The van der Waals surface area contributed by atoms with Crippen molar-refractivity contribution >= 4 is 11.8 Å². The molecule has 74 valence electrons. The van der Waals surface area contributed by atoms with E-state index in [-0.39, 0.29) is 11.8 Å². The van der Waals surface area contributed by atoms with E-state index < -0.39 is 0 Å². The lowest BCUT2D eigenvalue weighted by Gasteiger charge is -2.22. The van der Waals surface area contributed by atoms with E-state index in [1.165, 1.54) is 7.11 Å². The average molecular weight is 193 g/mol. The van der Waals surface area contributed by atoms with Crippen LogP contribution in [0.5, 0.6) is 0 Å². The van der Waals surface area contributed by atoms with Gasteiger partial charge in [-0.25, -0.2) is 4.79 Å². The van der Waals surface area contributed by atoms with E-state index in [1.54, 1.807) is 12.2 Å². The summed E-state index contributed by atoms with van der Waals surface area (Å²) >= 11 is 0. The second kappa shape index (κ2) is 3.29. The van der Waals surface area contributed by atoms with Crippen LogP contribution >= 0.6 is 0 Å². The van der Waals surface area contributed by atoms with Crippen molar-refractivity contribution in [3.63, 3.8) is 0 Å². The zero-order valence-electron chi connectivity index (χ0n) is 7.95. The molecule has 0 aliphatic carbocycles. The molecule has 0 atom stereocenters. The Morgan fingerprint density at radius 2 is 2.29 bits per heavy atom. The lowest BCUT2D eigenvalue weighted by Crippen LogP contribution is -2.27. The lowest BCUT2D eigenvalue weighted by molar-refractivity contribution is -0.136. The van der Waals surface area contributed by atoms with Crippen LogP contribution in [-0.4, -0.2) is 36.9 Å². The maximum absolute atomic E-state index is 11.3. The van der Waals surface area contributed by atoms with Crippen molar-refractivity contribution < 1.29 is 14.3 Å². The molecule has 1 fully saturated rings. The Kier molecular flexibility index (Phi) is 2.11. The van der Waals surface area contributed by atoms with Gasteiger partial charge in [0, 0.05) is 13.0 Å². The first kappa shape index (κ1) is 8.99. The molecular weight excluding hydrogens is 182 g/mol. The summed E-state index contributed by atoms with van der Waals surface area (Å²) in [5.74, 6) is -0.162. The Balaban J connectivity index is 2.22. The highest BCUT2D eigenvalue weighted by atomic mass is 16.5. The minimum atomic E-state index is -0.320. The molecule has 14 heavy (non-hydrogen) atoms. The molecule has 0 amide bonds. The van der Waals surface area contributed by atoms with Crippen LogP contribution in [0.15, 0.2) is 23.4 Å². The summed E-state index contributed by atoms with van der Waals surface area (Å²) in [5.41, 5.74) is 1.32. The van der Waals surface area contributed by atoms with E-state index in [2.05, 4.69) is 4.74 Å². The Morgan fingerprint density at radius 1 is 1.50 bits per heavy atom. The number of hydrogen-bond acceptors (Lipinski definition) is 4. The van der Waals surface area contributed by atoms with Crippen molar-refractivity contribution in [1.82, 2.24) is 4.90 Å². The lowest BCUT2D eigenvalue weighted by atomic mass is 10.1. The van der Waals surface area contributed by atoms with Crippen LogP contribution in [0.1, 0.15) is 6.42 Å². The second-order valence-corrected chi connectivity index (χ2v) is 3.33. The largest absolute Gasteiger partial charge is 0.466 e. The number of carbonyl (C=O) groups excluding carboxylic acids is 2. The van der Waals surface area contributed by atoms with Gasteiger partial charge in [0.25, 0.3) is 0 Å². The van der Waals surface area contributed by atoms with Gasteiger partial charge in [0.05, 0.1) is 24.9 Å². The summed E-state index contributed by atoms with van der Waals surface area (Å²) < 4.78 is 4.62. The summed E-state index contributed by atoms with van der Waals surface area (Å²) in [7, 11) is 1.36. The van der Waals surface area contributed by atoms with Gasteiger partial charge >= 0.3 is 5.97 Å². The molecular formula is C10H11NO3. The molecule has 2 heterocycles. The summed E-state index contributed by atoms with van der Waals surface area (Å²) in [5, 5.41) is 0. The third-order valence-electron chi connectivity index (χ3n) is 2.49. The molecule has 0 aromatic heterocycles. The van der Waals surface area contributed by atoms with E-state index in [1.807, 2.05) is 4.90 Å². The summed E-state index contributed by atoms with van der Waals surface area (Å²) in [6.45, 7) is 1.20. The smallest absolute Gasteiger partial charge is 0.335 e. The first-order valence-corrected chi connectivity index (χ1v) is 4.49. The Labute approximate surface area is 81.8 Å². The van der Waals surface area contributed by atoms with Crippen molar-refractivity contribution in [3.8, 4) is 0 Å². The molecule has 4 heteroatoms. The first-order chi connectivity index (χ1) is 6.72. The number of allylic oxidation sites excluding steroid dienone is 3. The summed E-state index contributed by atoms with van der Waals surface area (Å²) in [4.78, 5) is 24.4. The van der Waals surface area contributed by atoms with Gasteiger partial charge in [0.1, 0.15) is 0 Å². The normalized spacial score (nSPS) is 20.1. The molecule has 1 saturated heterocycles. The molecule has 2 aliphatic heterocycles. The Hall–Kier alpha value is -1.58. The van der Waals surface area contributed by atoms with Crippen molar-refractivity contribution in [2.75, 3.05) is 20.2 Å². The van der Waals surface area contributed by atoms with Crippen molar-refractivity contribution in [2.24, 2.45) is 0 Å². The molecule has 0 radical (unpaired) electrons. The zero-order valence-corrected chi connectivity index (χ0v) is 7.95. The van der Waals surface area contributed by atoms with Crippen LogP contribution in [-0.2, 0) is 14.3 Å². The minimum Gasteiger partial charge on any atom is -0.466 e. The highest BCUT2D eigenvalue weighted by molar-refractivity contribution is 5.99.